The molecule has 1 heterocycles. The molecule has 0 saturated heterocycles. The molecule has 1 saturated carbocycles. The molecule has 2 atom stereocenters. The Bertz CT molecular complexity index is 582. The Hall–Kier alpha value is -1.13. The van der Waals surface area contributed by atoms with E-state index < -0.39 is 0 Å². The number of hydrogen-bond donors (Lipinski definition) is 1. The van der Waals surface area contributed by atoms with E-state index in [0.717, 1.165) is 17.1 Å². The van der Waals surface area contributed by atoms with Gasteiger partial charge in [-0.05, 0) is 38.3 Å². The van der Waals surface area contributed by atoms with E-state index in [2.05, 4.69) is 40.4 Å². The molecule has 1 aliphatic carbocycles. The van der Waals surface area contributed by atoms with Crippen LogP contribution in [0, 0.1) is 0 Å². The summed E-state index contributed by atoms with van der Waals surface area (Å²) >= 11 is 1.94. The molecule has 3 nitrogen and oxygen atoms in total. The van der Waals surface area contributed by atoms with Crippen molar-refractivity contribution in [2.75, 3.05) is 6.54 Å². The predicted octanol–water partition coefficient (Wildman–Crippen LogP) is 4.03. The number of rotatable bonds is 5. The van der Waals surface area contributed by atoms with Crippen molar-refractivity contribution in [3.8, 4) is 0 Å². The summed E-state index contributed by atoms with van der Waals surface area (Å²) in [5, 5.41) is 6.68. The molecule has 2 unspecified atom stereocenters. The van der Waals surface area contributed by atoms with Crippen molar-refractivity contribution in [1.29, 1.82) is 0 Å². The maximum atomic E-state index is 4.52. The van der Waals surface area contributed by atoms with Crippen LogP contribution in [0.4, 0.5) is 0 Å². The van der Waals surface area contributed by atoms with E-state index in [4.69, 9.17) is 0 Å². The second-order valence-electron chi connectivity index (χ2n) is 5.75. The van der Waals surface area contributed by atoms with Gasteiger partial charge in [0, 0.05) is 16.7 Å². The molecule has 112 valence electrons. The molecule has 1 aliphatic rings. The Morgan fingerprint density at radius 1 is 1.24 bits per heavy atom. The van der Waals surface area contributed by atoms with Crippen LogP contribution in [0.3, 0.4) is 0 Å². The molecule has 0 bridgehead atoms. The van der Waals surface area contributed by atoms with Gasteiger partial charge in [-0.25, -0.2) is 9.97 Å². The van der Waals surface area contributed by atoms with Crippen molar-refractivity contribution in [3.05, 3.63) is 30.6 Å². The number of para-hydroxylation sites is 1. The van der Waals surface area contributed by atoms with Gasteiger partial charge >= 0.3 is 0 Å². The first-order chi connectivity index (χ1) is 10.4. The summed E-state index contributed by atoms with van der Waals surface area (Å²) in [6.45, 7) is 3.37. The van der Waals surface area contributed by atoms with Gasteiger partial charge in [0.25, 0.3) is 0 Å². The van der Waals surface area contributed by atoms with Crippen LogP contribution in [0.15, 0.2) is 35.6 Å². The highest BCUT2D eigenvalue weighted by Crippen LogP contribution is 2.35. The fourth-order valence-electron chi connectivity index (χ4n) is 3.02. The number of fused-ring (bicyclic) bond motifs is 1. The molecular formula is C17H23N3S. The van der Waals surface area contributed by atoms with Crippen molar-refractivity contribution in [1.82, 2.24) is 15.3 Å². The first-order valence-corrected chi connectivity index (χ1v) is 8.84. The number of hydrogen-bond acceptors (Lipinski definition) is 4. The number of benzene rings is 1. The summed E-state index contributed by atoms with van der Waals surface area (Å²) in [5.74, 6) is 0. The first-order valence-electron chi connectivity index (χ1n) is 7.96. The fraction of sp³-hybridized carbons (Fsp3) is 0.529. The molecule has 1 aromatic carbocycles. The lowest BCUT2D eigenvalue weighted by Crippen LogP contribution is -2.35. The normalized spacial score (nSPS) is 22.5. The Morgan fingerprint density at radius 2 is 2.14 bits per heavy atom. The summed E-state index contributed by atoms with van der Waals surface area (Å²) in [6, 6.07) is 8.99. The van der Waals surface area contributed by atoms with Gasteiger partial charge in [-0.3, -0.25) is 0 Å². The predicted molar refractivity (Wildman–Crippen MR) is 89.7 cm³/mol. The van der Waals surface area contributed by atoms with Gasteiger partial charge in [0.2, 0.25) is 0 Å². The lowest BCUT2D eigenvalue weighted by molar-refractivity contribution is 0.381. The first kappa shape index (κ1) is 14.8. The molecule has 4 heteroatoms. The summed E-state index contributed by atoms with van der Waals surface area (Å²) in [4.78, 5) is 8.87. The fourth-order valence-corrected chi connectivity index (χ4v) is 4.35. The number of nitrogens with zero attached hydrogens (tertiary/aromatic N) is 2. The Morgan fingerprint density at radius 3 is 3.05 bits per heavy atom. The zero-order chi connectivity index (χ0) is 14.5. The highest BCUT2D eigenvalue weighted by molar-refractivity contribution is 8.00. The van der Waals surface area contributed by atoms with Gasteiger partial charge in [0.15, 0.2) is 0 Å². The van der Waals surface area contributed by atoms with Crippen molar-refractivity contribution in [3.63, 3.8) is 0 Å². The third-order valence-corrected chi connectivity index (χ3v) is 5.40. The summed E-state index contributed by atoms with van der Waals surface area (Å²) < 4.78 is 0. The lowest BCUT2D eigenvalue weighted by atomic mass is 9.95. The van der Waals surface area contributed by atoms with E-state index >= 15 is 0 Å². The topological polar surface area (TPSA) is 37.8 Å². The van der Waals surface area contributed by atoms with Crippen LogP contribution in [0.5, 0.6) is 0 Å². The smallest absolute Gasteiger partial charge is 0.117 e. The monoisotopic (exact) mass is 301 g/mol. The van der Waals surface area contributed by atoms with E-state index in [1.54, 1.807) is 6.33 Å². The van der Waals surface area contributed by atoms with Crippen LogP contribution >= 0.6 is 11.8 Å². The van der Waals surface area contributed by atoms with Crippen LogP contribution in [0.1, 0.15) is 39.0 Å². The third kappa shape index (κ3) is 3.74. The Labute approximate surface area is 131 Å². The molecule has 0 radical (unpaired) electrons. The number of nitrogens with one attached hydrogen (secondary N) is 1. The van der Waals surface area contributed by atoms with E-state index in [0.29, 0.717) is 11.3 Å². The molecule has 1 aromatic heterocycles. The second kappa shape index (κ2) is 7.23. The average molecular weight is 301 g/mol. The SMILES string of the molecule is CCCNC1CCCC(Sc2ncnc3ccccc23)C1. The maximum absolute atomic E-state index is 4.52. The van der Waals surface area contributed by atoms with Crippen LogP contribution in [-0.2, 0) is 0 Å². The molecule has 1 N–H and O–H groups in total. The van der Waals surface area contributed by atoms with Gasteiger partial charge < -0.3 is 5.32 Å². The van der Waals surface area contributed by atoms with E-state index in [-0.39, 0.29) is 0 Å². The molecule has 0 spiro atoms. The maximum Gasteiger partial charge on any atom is 0.117 e. The molecule has 0 aliphatic heterocycles. The van der Waals surface area contributed by atoms with Crippen LogP contribution in [0.25, 0.3) is 10.9 Å². The van der Waals surface area contributed by atoms with Crippen molar-refractivity contribution in [2.45, 2.75) is 55.3 Å². The minimum atomic E-state index is 0.673. The highest BCUT2D eigenvalue weighted by atomic mass is 32.2. The lowest BCUT2D eigenvalue weighted by Gasteiger charge is -2.29. The largest absolute Gasteiger partial charge is 0.314 e. The van der Waals surface area contributed by atoms with Crippen molar-refractivity contribution >= 4 is 22.7 Å². The van der Waals surface area contributed by atoms with Crippen molar-refractivity contribution < 1.29 is 0 Å². The van der Waals surface area contributed by atoms with E-state index in [9.17, 15) is 0 Å². The van der Waals surface area contributed by atoms with Gasteiger partial charge in [-0.1, -0.05) is 31.5 Å². The summed E-state index contributed by atoms with van der Waals surface area (Å²) in [7, 11) is 0. The standard InChI is InChI=1S/C17H23N3S/c1-2-10-18-13-6-5-7-14(11-13)21-17-15-8-3-4-9-16(15)19-12-20-17/h3-4,8-9,12-14,18H,2,5-7,10-11H2,1H3. The zero-order valence-corrected chi connectivity index (χ0v) is 13.4. The summed E-state index contributed by atoms with van der Waals surface area (Å²) in [5.41, 5.74) is 1.05. The molecule has 3 rings (SSSR count). The minimum absolute atomic E-state index is 0.673. The van der Waals surface area contributed by atoms with Crippen LogP contribution < -0.4 is 5.32 Å². The van der Waals surface area contributed by atoms with Gasteiger partial charge in [0.05, 0.1) is 5.52 Å². The quantitative estimate of drug-likeness (QED) is 0.846. The van der Waals surface area contributed by atoms with Gasteiger partial charge in [0.1, 0.15) is 11.4 Å². The second-order valence-corrected chi connectivity index (χ2v) is 7.04. The van der Waals surface area contributed by atoms with E-state index in [1.165, 1.54) is 37.5 Å². The number of aromatic nitrogens is 2. The molecule has 1 fully saturated rings. The minimum Gasteiger partial charge on any atom is -0.314 e. The molecule has 21 heavy (non-hydrogen) atoms. The van der Waals surface area contributed by atoms with Crippen LogP contribution in [-0.4, -0.2) is 27.8 Å². The number of thioether (sulfide) groups is 1. The summed E-state index contributed by atoms with van der Waals surface area (Å²) in [6.07, 6.45) is 8.10. The Kier molecular flexibility index (Phi) is 5.09. The zero-order valence-electron chi connectivity index (χ0n) is 12.6. The molecule has 0 amide bonds. The van der Waals surface area contributed by atoms with Gasteiger partial charge in [-0.2, -0.15) is 0 Å². The third-order valence-electron chi connectivity index (χ3n) is 4.09. The van der Waals surface area contributed by atoms with Crippen molar-refractivity contribution in [2.24, 2.45) is 0 Å². The van der Waals surface area contributed by atoms with Gasteiger partial charge in [-0.15, -0.1) is 11.8 Å². The Balaban J connectivity index is 1.70. The van der Waals surface area contributed by atoms with E-state index in [1.807, 2.05) is 17.8 Å². The van der Waals surface area contributed by atoms with Crippen LogP contribution in [0.2, 0.25) is 0 Å². The molecule has 2 aromatic rings. The average Bonchev–Trinajstić information content (AvgIpc) is 2.54. The molecular weight excluding hydrogens is 278 g/mol. The highest BCUT2D eigenvalue weighted by Gasteiger charge is 2.23.